The fraction of sp³-hybridized carbons (Fsp3) is 0.130. The van der Waals surface area contributed by atoms with Crippen molar-refractivity contribution in [3.05, 3.63) is 101 Å². The topological polar surface area (TPSA) is 79.4 Å². The van der Waals surface area contributed by atoms with Gasteiger partial charge in [-0.25, -0.2) is 0 Å². The van der Waals surface area contributed by atoms with E-state index in [0.29, 0.717) is 16.8 Å². The number of hydrogen-bond acceptors (Lipinski definition) is 4. The van der Waals surface area contributed by atoms with E-state index in [9.17, 15) is 14.4 Å². The van der Waals surface area contributed by atoms with Crippen LogP contribution in [0, 0.1) is 6.92 Å². The largest absolute Gasteiger partial charge is 0.342 e. The molecule has 1 aliphatic rings. The highest BCUT2D eigenvalue weighted by Gasteiger charge is 2.37. The van der Waals surface area contributed by atoms with Crippen molar-refractivity contribution in [2.45, 2.75) is 13.0 Å². The molecular weight excluding hydrogens is 366 g/mol. The second kappa shape index (κ2) is 7.67. The first-order valence-electron chi connectivity index (χ1n) is 9.26. The molecule has 0 fully saturated rings. The Morgan fingerprint density at radius 2 is 1.69 bits per heavy atom. The van der Waals surface area contributed by atoms with Gasteiger partial charge in [0.2, 0.25) is 5.91 Å². The van der Waals surface area contributed by atoms with Crippen LogP contribution in [0.4, 0.5) is 0 Å². The number of aryl methyl sites for hydroxylation is 1. The molecule has 1 N–H and O–H groups in total. The van der Waals surface area contributed by atoms with E-state index in [4.69, 9.17) is 0 Å². The molecule has 3 amide bonds. The lowest BCUT2D eigenvalue weighted by Gasteiger charge is -2.21. The van der Waals surface area contributed by atoms with Crippen LogP contribution in [0.25, 0.3) is 0 Å². The van der Waals surface area contributed by atoms with E-state index in [1.54, 1.807) is 30.5 Å². The van der Waals surface area contributed by atoms with Gasteiger partial charge in [0.05, 0.1) is 22.9 Å². The first-order chi connectivity index (χ1) is 14.0. The molecular formula is C23H19N3O3. The van der Waals surface area contributed by atoms with Crippen molar-refractivity contribution in [3.63, 3.8) is 0 Å². The monoisotopic (exact) mass is 385 g/mol. The molecule has 0 bridgehead atoms. The maximum atomic E-state index is 12.8. The molecule has 3 aromatic rings. The van der Waals surface area contributed by atoms with Crippen LogP contribution in [0.3, 0.4) is 0 Å². The molecule has 0 radical (unpaired) electrons. The maximum Gasteiger partial charge on any atom is 0.262 e. The molecule has 0 saturated heterocycles. The predicted molar refractivity (Wildman–Crippen MR) is 107 cm³/mol. The molecule has 6 nitrogen and oxygen atoms in total. The number of carbonyl (C=O) groups is 3. The molecule has 4 rings (SSSR count). The minimum atomic E-state index is -0.484. The molecule has 6 heteroatoms. The minimum absolute atomic E-state index is 0.331. The Morgan fingerprint density at radius 1 is 0.966 bits per heavy atom. The maximum absolute atomic E-state index is 12.8. The lowest BCUT2D eigenvalue weighted by molar-refractivity contribution is -0.121. The molecule has 2 aromatic carbocycles. The SMILES string of the molecule is Cc1ccc2c(c1)C(=O)N(CC(=O)NC(c1ccccc1)c1ccccn1)C2=O. The van der Waals surface area contributed by atoms with Crippen LogP contribution < -0.4 is 5.32 Å². The van der Waals surface area contributed by atoms with Gasteiger partial charge in [-0.3, -0.25) is 24.3 Å². The number of aromatic nitrogens is 1. The molecule has 1 aromatic heterocycles. The smallest absolute Gasteiger partial charge is 0.262 e. The number of hydrogen-bond donors (Lipinski definition) is 1. The summed E-state index contributed by atoms with van der Waals surface area (Å²) in [5, 5.41) is 2.91. The molecule has 1 aliphatic heterocycles. The zero-order chi connectivity index (χ0) is 20.4. The Labute approximate surface area is 168 Å². The van der Waals surface area contributed by atoms with Crippen molar-refractivity contribution in [2.75, 3.05) is 6.54 Å². The zero-order valence-corrected chi connectivity index (χ0v) is 15.8. The average molecular weight is 385 g/mol. The van der Waals surface area contributed by atoms with Gasteiger partial charge in [0.1, 0.15) is 6.54 Å². The summed E-state index contributed by atoms with van der Waals surface area (Å²) in [5.74, 6) is -1.33. The third-order valence-corrected chi connectivity index (χ3v) is 4.85. The van der Waals surface area contributed by atoms with Crippen molar-refractivity contribution in [3.8, 4) is 0 Å². The highest BCUT2D eigenvalue weighted by Crippen LogP contribution is 2.24. The van der Waals surface area contributed by atoms with E-state index in [0.717, 1.165) is 16.0 Å². The van der Waals surface area contributed by atoms with E-state index < -0.39 is 23.8 Å². The number of nitrogens with zero attached hydrogens (tertiary/aromatic N) is 2. The van der Waals surface area contributed by atoms with Gasteiger partial charge >= 0.3 is 0 Å². The molecule has 144 valence electrons. The second-order valence-corrected chi connectivity index (χ2v) is 6.91. The van der Waals surface area contributed by atoms with Gasteiger partial charge in [-0.1, -0.05) is 48.0 Å². The summed E-state index contributed by atoms with van der Waals surface area (Å²) in [7, 11) is 0. The van der Waals surface area contributed by atoms with Gasteiger partial charge in [-0.2, -0.15) is 0 Å². The summed E-state index contributed by atoms with van der Waals surface area (Å²) in [5.41, 5.74) is 3.09. The van der Waals surface area contributed by atoms with Gasteiger partial charge in [0, 0.05) is 6.20 Å². The fourth-order valence-electron chi connectivity index (χ4n) is 3.42. The molecule has 29 heavy (non-hydrogen) atoms. The van der Waals surface area contributed by atoms with Crippen LogP contribution >= 0.6 is 0 Å². The summed E-state index contributed by atoms with van der Waals surface area (Å²) in [6.07, 6.45) is 1.66. The van der Waals surface area contributed by atoms with E-state index in [-0.39, 0.29) is 6.54 Å². The van der Waals surface area contributed by atoms with E-state index in [1.807, 2.05) is 49.4 Å². The quantitative estimate of drug-likeness (QED) is 0.685. The van der Waals surface area contributed by atoms with Gasteiger partial charge in [-0.15, -0.1) is 0 Å². The van der Waals surface area contributed by atoms with Crippen LogP contribution in [-0.2, 0) is 4.79 Å². The van der Waals surface area contributed by atoms with Crippen molar-refractivity contribution in [2.24, 2.45) is 0 Å². The number of amides is 3. The van der Waals surface area contributed by atoms with Crippen molar-refractivity contribution in [1.29, 1.82) is 0 Å². The summed E-state index contributed by atoms with van der Waals surface area (Å²) in [6, 6.07) is 19.5. The first-order valence-corrected chi connectivity index (χ1v) is 9.26. The molecule has 2 heterocycles. The van der Waals surface area contributed by atoms with E-state index >= 15 is 0 Å². The predicted octanol–water partition coefficient (Wildman–Crippen LogP) is 2.89. The molecule has 1 atom stereocenters. The Balaban J connectivity index is 1.55. The average Bonchev–Trinajstić information content (AvgIpc) is 2.97. The molecule has 0 aliphatic carbocycles. The first kappa shape index (κ1) is 18.6. The lowest BCUT2D eigenvalue weighted by Crippen LogP contribution is -2.41. The summed E-state index contributed by atoms with van der Waals surface area (Å²) < 4.78 is 0. The number of fused-ring (bicyclic) bond motifs is 1. The standard InChI is InChI=1S/C23H19N3O3/c1-15-10-11-17-18(13-15)23(29)26(22(17)28)14-20(27)25-21(16-7-3-2-4-8-16)19-9-5-6-12-24-19/h2-13,21H,14H2,1H3,(H,25,27). The number of imide groups is 1. The normalized spacial score (nSPS) is 13.9. The summed E-state index contributed by atoms with van der Waals surface area (Å²) in [4.78, 5) is 43.3. The number of rotatable bonds is 5. The molecule has 0 spiro atoms. The third-order valence-electron chi connectivity index (χ3n) is 4.85. The van der Waals surface area contributed by atoms with Crippen LogP contribution in [0.5, 0.6) is 0 Å². The minimum Gasteiger partial charge on any atom is -0.342 e. The summed E-state index contributed by atoms with van der Waals surface area (Å²) >= 11 is 0. The van der Waals surface area contributed by atoms with Crippen molar-refractivity contribution >= 4 is 17.7 Å². The van der Waals surface area contributed by atoms with Crippen LogP contribution in [0.2, 0.25) is 0 Å². The Morgan fingerprint density at radius 3 is 2.41 bits per heavy atom. The number of carbonyl (C=O) groups excluding carboxylic acids is 3. The highest BCUT2D eigenvalue weighted by molar-refractivity contribution is 6.22. The Kier molecular flexibility index (Phi) is 4.91. The van der Waals surface area contributed by atoms with Gasteiger partial charge in [0.15, 0.2) is 0 Å². The van der Waals surface area contributed by atoms with Crippen molar-refractivity contribution in [1.82, 2.24) is 15.2 Å². The van der Waals surface area contributed by atoms with Crippen LogP contribution in [-0.4, -0.2) is 34.2 Å². The van der Waals surface area contributed by atoms with Crippen molar-refractivity contribution < 1.29 is 14.4 Å². The number of pyridine rings is 1. The number of nitrogens with one attached hydrogen (secondary N) is 1. The van der Waals surface area contributed by atoms with Gasteiger partial charge in [0.25, 0.3) is 11.8 Å². The zero-order valence-electron chi connectivity index (χ0n) is 15.8. The summed E-state index contributed by atoms with van der Waals surface area (Å²) in [6.45, 7) is 1.51. The Bertz CT molecular complexity index is 1040. The van der Waals surface area contributed by atoms with Gasteiger partial charge < -0.3 is 5.32 Å². The second-order valence-electron chi connectivity index (χ2n) is 6.91. The van der Waals surface area contributed by atoms with Gasteiger partial charge in [-0.05, 0) is 36.8 Å². The fourth-order valence-corrected chi connectivity index (χ4v) is 3.42. The van der Waals surface area contributed by atoms with E-state index in [2.05, 4.69) is 10.3 Å². The third kappa shape index (κ3) is 3.65. The van der Waals surface area contributed by atoms with E-state index in [1.165, 1.54) is 0 Å². The number of benzene rings is 2. The van der Waals surface area contributed by atoms with Crippen LogP contribution in [0.15, 0.2) is 72.9 Å². The molecule has 1 unspecified atom stereocenters. The van der Waals surface area contributed by atoms with Crippen LogP contribution in [0.1, 0.15) is 43.6 Å². The highest BCUT2D eigenvalue weighted by atomic mass is 16.2. The Hall–Kier alpha value is -3.80. The lowest BCUT2D eigenvalue weighted by atomic mass is 10.0. The molecule has 0 saturated carbocycles.